The summed E-state index contributed by atoms with van der Waals surface area (Å²) >= 11 is 0. The number of aryl methyl sites for hydroxylation is 3. The van der Waals surface area contributed by atoms with Crippen molar-refractivity contribution in [1.29, 1.82) is 0 Å². The minimum Gasteiger partial charge on any atom is -0.334 e. The van der Waals surface area contributed by atoms with Crippen LogP contribution in [0.1, 0.15) is 29.9 Å². The Bertz CT molecular complexity index is 1070. The lowest BCUT2D eigenvalue weighted by Gasteiger charge is -2.11. The summed E-state index contributed by atoms with van der Waals surface area (Å²) in [5.41, 5.74) is 3.46. The zero-order valence-electron chi connectivity index (χ0n) is 16.1. The Kier molecular flexibility index (Phi) is 4.81. The molecule has 1 aliphatic heterocycles. The molecule has 2 aromatic heterocycles. The maximum atomic E-state index is 12.6. The maximum Gasteiger partial charge on any atom is 0.256 e. The first-order valence-electron chi connectivity index (χ1n) is 9.51. The molecule has 0 saturated heterocycles. The van der Waals surface area contributed by atoms with Gasteiger partial charge in [0.1, 0.15) is 12.4 Å². The molecule has 0 aliphatic carbocycles. The summed E-state index contributed by atoms with van der Waals surface area (Å²) < 4.78 is 3.52. The highest BCUT2D eigenvalue weighted by Gasteiger charge is 2.16. The van der Waals surface area contributed by atoms with Crippen molar-refractivity contribution in [2.75, 3.05) is 5.32 Å². The average Bonchev–Trinajstić information content (AvgIpc) is 3.13. The first-order valence-corrected chi connectivity index (χ1v) is 9.51. The smallest absolute Gasteiger partial charge is 0.256 e. The number of amides is 1. The molecule has 144 valence electrons. The molecule has 3 aromatic rings. The van der Waals surface area contributed by atoms with Gasteiger partial charge in [-0.3, -0.25) is 14.2 Å². The maximum absolute atomic E-state index is 12.6. The van der Waals surface area contributed by atoms with Crippen molar-refractivity contribution in [3.8, 4) is 11.3 Å². The second-order valence-corrected chi connectivity index (χ2v) is 7.17. The number of carbonyl (C=O) groups excluding carboxylic acids is 1. The van der Waals surface area contributed by atoms with Gasteiger partial charge in [0, 0.05) is 36.0 Å². The molecule has 28 heavy (non-hydrogen) atoms. The monoisotopic (exact) mass is 377 g/mol. The largest absolute Gasteiger partial charge is 0.334 e. The van der Waals surface area contributed by atoms with Crippen LogP contribution in [0.3, 0.4) is 0 Å². The highest BCUT2D eigenvalue weighted by atomic mass is 16.2. The van der Waals surface area contributed by atoms with E-state index in [0.29, 0.717) is 16.9 Å². The molecule has 0 spiro atoms. The van der Waals surface area contributed by atoms with E-state index in [-0.39, 0.29) is 18.0 Å². The topological polar surface area (TPSA) is 81.8 Å². The molecule has 1 aromatic carbocycles. The molecule has 1 N–H and O–H groups in total. The van der Waals surface area contributed by atoms with E-state index in [2.05, 4.69) is 21.1 Å². The van der Waals surface area contributed by atoms with E-state index in [4.69, 9.17) is 4.98 Å². The number of fused-ring (bicyclic) bond motifs is 1. The van der Waals surface area contributed by atoms with Gasteiger partial charge in [0.05, 0.1) is 17.7 Å². The summed E-state index contributed by atoms with van der Waals surface area (Å²) in [5, 5.41) is 2.92. The summed E-state index contributed by atoms with van der Waals surface area (Å²) in [7, 11) is 0. The molecule has 0 fully saturated rings. The summed E-state index contributed by atoms with van der Waals surface area (Å²) in [6.07, 6.45) is 6.78. The molecular formula is C21H23N5O2. The Morgan fingerprint density at radius 2 is 2.04 bits per heavy atom. The van der Waals surface area contributed by atoms with Crippen LogP contribution in [0.4, 0.5) is 5.69 Å². The molecule has 7 nitrogen and oxygen atoms in total. The Morgan fingerprint density at radius 3 is 2.86 bits per heavy atom. The summed E-state index contributed by atoms with van der Waals surface area (Å²) in [4.78, 5) is 33.8. The number of hydrogen-bond donors (Lipinski definition) is 1. The minimum absolute atomic E-state index is 0.0824. The van der Waals surface area contributed by atoms with Crippen molar-refractivity contribution >= 4 is 11.6 Å². The van der Waals surface area contributed by atoms with Gasteiger partial charge < -0.3 is 9.88 Å². The Labute approximate surface area is 163 Å². The standard InChI is InChI=1S/C21H23N5O2/c1-14-15(2)22-13-26(21(14)28)12-20(27)24-17-8-4-3-7-16(17)18-11-25-10-6-5-9-19(25)23-18/h3-4,7-8,11,13H,5-6,9-10,12H2,1-2H3,(H,24,27). The number of nitrogens with one attached hydrogen (secondary N) is 1. The minimum atomic E-state index is -0.274. The van der Waals surface area contributed by atoms with Crippen LogP contribution in [-0.2, 0) is 24.3 Å². The van der Waals surface area contributed by atoms with Crippen LogP contribution < -0.4 is 10.9 Å². The van der Waals surface area contributed by atoms with Gasteiger partial charge in [-0.25, -0.2) is 9.97 Å². The number of aromatic nitrogens is 4. The van der Waals surface area contributed by atoms with E-state index in [9.17, 15) is 9.59 Å². The normalized spacial score (nSPS) is 13.2. The lowest BCUT2D eigenvalue weighted by molar-refractivity contribution is -0.116. The molecule has 0 radical (unpaired) electrons. The van der Waals surface area contributed by atoms with Gasteiger partial charge in [-0.1, -0.05) is 18.2 Å². The third kappa shape index (κ3) is 3.47. The van der Waals surface area contributed by atoms with Crippen LogP contribution in [0.15, 0.2) is 41.6 Å². The zero-order valence-corrected chi connectivity index (χ0v) is 16.1. The number of imidazole rings is 1. The Hall–Kier alpha value is -3.22. The molecule has 1 aliphatic rings. The molecular weight excluding hydrogens is 354 g/mol. The van der Waals surface area contributed by atoms with Crippen LogP contribution in [0, 0.1) is 13.8 Å². The molecule has 0 bridgehead atoms. The van der Waals surface area contributed by atoms with Gasteiger partial charge in [0.2, 0.25) is 5.91 Å². The van der Waals surface area contributed by atoms with Gasteiger partial charge in [-0.05, 0) is 32.8 Å². The predicted octanol–water partition coefficient (Wildman–Crippen LogP) is 2.70. The van der Waals surface area contributed by atoms with Crippen molar-refractivity contribution < 1.29 is 4.79 Å². The van der Waals surface area contributed by atoms with Crippen molar-refractivity contribution in [3.05, 3.63) is 64.2 Å². The van der Waals surface area contributed by atoms with Crippen LogP contribution in [0.25, 0.3) is 11.3 Å². The Morgan fingerprint density at radius 1 is 1.21 bits per heavy atom. The third-order valence-electron chi connectivity index (χ3n) is 5.21. The highest BCUT2D eigenvalue weighted by molar-refractivity contribution is 5.94. The summed E-state index contributed by atoms with van der Waals surface area (Å²) in [6, 6.07) is 7.61. The van der Waals surface area contributed by atoms with E-state index in [1.165, 1.54) is 17.3 Å². The third-order valence-corrected chi connectivity index (χ3v) is 5.21. The van der Waals surface area contributed by atoms with Gasteiger partial charge in [0.25, 0.3) is 5.56 Å². The fraction of sp³-hybridized carbons (Fsp3) is 0.333. The lowest BCUT2D eigenvalue weighted by atomic mass is 10.1. The highest BCUT2D eigenvalue weighted by Crippen LogP contribution is 2.28. The zero-order chi connectivity index (χ0) is 19.7. The van der Waals surface area contributed by atoms with Crippen LogP contribution >= 0.6 is 0 Å². The SMILES string of the molecule is Cc1ncn(CC(=O)Nc2ccccc2-c2cn3c(n2)CCCC3)c(=O)c1C. The number of nitrogens with zero attached hydrogens (tertiary/aromatic N) is 4. The van der Waals surface area contributed by atoms with Crippen molar-refractivity contribution in [2.45, 2.75) is 46.2 Å². The average molecular weight is 377 g/mol. The van der Waals surface area contributed by atoms with Gasteiger partial charge >= 0.3 is 0 Å². The van der Waals surface area contributed by atoms with E-state index >= 15 is 0 Å². The van der Waals surface area contributed by atoms with Crippen LogP contribution in [0.2, 0.25) is 0 Å². The number of anilines is 1. The van der Waals surface area contributed by atoms with Gasteiger partial charge in [0.15, 0.2) is 0 Å². The van der Waals surface area contributed by atoms with E-state index < -0.39 is 0 Å². The molecule has 0 unspecified atom stereocenters. The van der Waals surface area contributed by atoms with E-state index in [1.807, 2.05) is 24.3 Å². The lowest BCUT2D eigenvalue weighted by Crippen LogP contribution is -2.29. The van der Waals surface area contributed by atoms with E-state index in [1.54, 1.807) is 13.8 Å². The van der Waals surface area contributed by atoms with Crippen molar-refractivity contribution in [1.82, 2.24) is 19.1 Å². The Balaban J connectivity index is 1.57. The van der Waals surface area contributed by atoms with Crippen molar-refractivity contribution in [2.24, 2.45) is 0 Å². The van der Waals surface area contributed by atoms with Crippen LogP contribution in [-0.4, -0.2) is 25.0 Å². The summed E-state index contributed by atoms with van der Waals surface area (Å²) in [6.45, 7) is 4.40. The first kappa shape index (κ1) is 18.2. The quantitative estimate of drug-likeness (QED) is 0.758. The number of para-hydroxylation sites is 1. The molecule has 7 heteroatoms. The van der Waals surface area contributed by atoms with Gasteiger partial charge in [-0.2, -0.15) is 0 Å². The molecule has 0 atom stereocenters. The second-order valence-electron chi connectivity index (χ2n) is 7.17. The van der Waals surface area contributed by atoms with Gasteiger partial charge in [-0.15, -0.1) is 0 Å². The number of benzene rings is 1. The predicted molar refractivity (Wildman–Crippen MR) is 107 cm³/mol. The molecule has 4 rings (SSSR count). The molecule has 3 heterocycles. The molecule has 1 amide bonds. The van der Waals surface area contributed by atoms with Crippen molar-refractivity contribution in [3.63, 3.8) is 0 Å². The fourth-order valence-corrected chi connectivity index (χ4v) is 3.49. The number of rotatable bonds is 4. The summed E-state index contributed by atoms with van der Waals surface area (Å²) in [5.74, 6) is 0.818. The number of carbonyl (C=O) groups is 1. The fourth-order valence-electron chi connectivity index (χ4n) is 3.49. The number of hydrogen-bond acceptors (Lipinski definition) is 4. The molecule has 0 saturated carbocycles. The second kappa shape index (κ2) is 7.42. The van der Waals surface area contributed by atoms with E-state index in [0.717, 1.165) is 36.5 Å². The van der Waals surface area contributed by atoms with Crippen LogP contribution in [0.5, 0.6) is 0 Å². The first-order chi connectivity index (χ1) is 13.5.